The first-order valence-electron chi connectivity index (χ1n) is 7.62. The van der Waals surface area contributed by atoms with E-state index in [0.717, 1.165) is 27.4 Å². The highest BCUT2D eigenvalue weighted by atomic mass is 79.9. The van der Waals surface area contributed by atoms with Crippen LogP contribution in [-0.2, 0) is 4.79 Å². The van der Waals surface area contributed by atoms with Gasteiger partial charge < -0.3 is 0 Å². The van der Waals surface area contributed by atoms with Crippen LogP contribution in [-0.4, -0.2) is 11.6 Å². The van der Waals surface area contributed by atoms with Crippen LogP contribution in [0.3, 0.4) is 0 Å². The van der Waals surface area contributed by atoms with Gasteiger partial charge in [0.15, 0.2) is 5.78 Å². The number of ketones is 2. The second-order valence-electron chi connectivity index (χ2n) is 5.92. The first-order chi connectivity index (χ1) is 11.0. The van der Waals surface area contributed by atoms with Crippen molar-refractivity contribution < 1.29 is 9.59 Å². The van der Waals surface area contributed by atoms with E-state index in [1.54, 1.807) is 12.1 Å². The number of hydrogen-bond donors (Lipinski definition) is 0. The van der Waals surface area contributed by atoms with E-state index in [-0.39, 0.29) is 17.5 Å². The molecule has 118 valence electrons. The molecule has 2 aromatic carbocycles. The van der Waals surface area contributed by atoms with Crippen LogP contribution in [0.15, 0.2) is 57.5 Å². The first-order valence-corrected chi connectivity index (χ1v) is 9.21. The number of carbonyl (C=O) groups is 2. The van der Waals surface area contributed by atoms with Gasteiger partial charge >= 0.3 is 0 Å². The highest BCUT2D eigenvalue weighted by Crippen LogP contribution is 2.35. The second-order valence-corrected chi connectivity index (χ2v) is 7.75. The maximum Gasteiger partial charge on any atom is 0.170 e. The molecule has 1 atom stereocenters. The molecule has 0 spiro atoms. The Kier molecular flexibility index (Phi) is 5.12. The molecular formula is C19H16Br2O2. The summed E-state index contributed by atoms with van der Waals surface area (Å²) in [5, 5.41) is 0. The van der Waals surface area contributed by atoms with Crippen LogP contribution < -0.4 is 0 Å². The zero-order chi connectivity index (χ0) is 16.4. The lowest BCUT2D eigenvalue weighted by Crippen LogP contribution is -2.18. The fourth-order valence-corrected chi connectivity index (χ4v) is 3.17. The van der Waals surface area contributed by atoms with Crippen LogP contribution in [0.5, 0.6) is 0 Å². The van der Waals surface area contributed by atoms with Gasteiger partial charge in [0.2, 0.25) is 0 Å². The van der Waals surface area contributed by atoms with E-state index in [1.807, 2.05) is 36.4 Å². The van der Waals surface area contributed by atoms with Gasteiger partial charge in [0.25, 0.3) is 0 Å². The Morgan fingerprint density at radius 1 is 0.913 bits per heavy atom. The predicted molar refractivity (Wildman–Crippen MR) is 97.7 cm³/mol. The molecule has 0 aliphatic heterocycles. The van der Waals surface area contributed by atoms with Crippen molar-refractivity contribution in [3.8, 4) is 0 Å². The summed E-state index contributed by atoms with van der Waals surface area (Å²) in [6, 6.07) is 15.0. The Bertz CT molecular complexity index is 716. The third-order valence-corrected chi connectivity index (χ3v) is 5.21. The van der Waals surface area contributed by atoms with Crippen molar-refractivity contribution in [3.05, 3.63) is 68.6 Å². The van der Waals surface area contributed by atoms with Gasteiger partial charge in [-0.25, -0.2) is 0 Å². The van der Waals surface area contributed by atoms with Crippen molar-refractivity contribution in [2.24, 2.45) is 5.92 Å². The van der Waals surface area contributed by atoms with Crippen molar-refractivity contribution in [1.29, 1.82) is 0 Å². The average Bonchev–Trinajstić information content (AvgIpc) is 3.38. The van der Waals surface area contributed by atoms with Gasteiger partial charge in [0.1, 0.15) is 5.78 Å². The van der Waals surface area contributed by atoms with Gasteiger partial charge in [-0.3, -0.25) is 9.59 Å². The molecule has 1 fully saturated rings. The second kappa shape index (κ2) is 7.10. The number of carbonyl (C=O) groups excluding carboxylic acids is 2. The molecule has 0 bridgehead atoms. The van der Waals surface area contributed by atoms with Crippen LogP contribution in [0, 0.1) is 5.92 Å². The summed E-state index contributed by atoms with van der Waals surface area (Å²) in [6.45, 7) is 0. The van der Waals surface area contributed by atoms with Gasteiger partial charge in [0, 0.05) is 26.8 Å². The Morgan fingerprint density at radius 2 is 1.43 bits per heavy atom. The van der Waals surface area contributed by atoms with Gasteiger partial charge in [-0.15, -0.1) is 0 Å². The molecule has 1 saturated carbocycles. The van der Waals surface area contributed by atoms with E-state index in [9.17, 15) is 9.59 Å². The Labute approximate surface area is 152 Å². The Balaban J connectivity index is 1.89. The SMILES string of the molecule is O=C(CC(C(=O)c1ccc(Br)cc1)c1ccc(Br)cc1)C1CC1. The third kappa shape index (κ3) is 4.18. The molecule has 0 aromatic heterocycles. The zero-order valence-electron chi connectivity index (χ0n) is 12.5. The number of halogens is 2. The summed E-state index contributed by atoms with van der Waals surface area (Å²) in [5.41, 5.74) is 1.54. The smallest absolute Gasteiger partial charge is 0.170 e. The number of hydrogen-bond acceptors (Lipinski definition) is 2. The van der Waals surface area contributed by atoms with Gasteiger partial charge in [-0.2, -0.15) is 0 Å². The summed E-state index contributed by atoms with van der Waals surface area (Å²) in [6.07, 6.45) is 2.23. The lowest BCUT2D eigenvalue weighted by molar-refractivity contribution is -0.120. The summed E-state index contributed by atoms with van der Waals surface area (Å²) in [4.78, 5) is 25.2. The van der Waals surface area contributed by atoms with Crippen molar-refractivity contribution in [2.45, 2.75) is 25.2 Å². The molecule has 23 heavy (non-hydrogen) atoms. The molecule has 2 aromatic rings. The standard InChI is InChI=1S/C19H16Br2O2/c20-15-7-3-12(4-8-15)17(11-18(22)13-1-2-13)19(23)14-5-9-16(21)10-6-14/h3-10,13,17H,1-2,11H2. The quantitative estimate of drug-likeness (QED) is 0.557. The lowest BCUT2D eigenvalue weighted by Gasteiger charge is -2.16. The van der Waals surface area contributed by atoms with E-state index in [4.69, 9.17) is 0 Å². The summed E-state index contributed by atoms with van der Waals surface area (Å²) in [7, 11) is 0. The average molecular weight is 436 g/mol. The number of rotatable bonds is 6. The van der Waals surface area contributed by atoms with Crippen molar-refractivity contribution in [3.63, 3.8) is 0 Å². The largest absolute Gasteiger partial charge is 0.299 e. The summed E-state index contributed by atoms with van der Waals surface area (Å²) < 4.78 is 1.90. The minimum Gasteiger partial charge on any atom is -0.299 e. The topological polar surface area (TPSA) is 34.1 Å². The van der Waals surface area contributed by atoms with E-state index in [1.165, 1.54) is 0 Å². The van der Waals surface area contributed by atoms with Gasteiger partial charge in [-0.05, 0) is 42.7 Å². The van der Waals surface area contributed by atoms with Crippen LogP contribution in [0.1, 0.15) is 41.1 Å². The van der Waals surface area contributed by atoms with Crippen LogP contribution in [0.4, 0.5) is 0 Å². The predicted octanol–water partition coefficient (Wildman–Crippen LogP) is 5.55. The molecule has 4 heteroatoms. The molecule has 2 nitrogen and oxygen atoms in total. The highest BCUT2D eigenvalue weighted by Gasteiger charge is 2.33. The molecule has 0 heterocycles. The van der Waals surface area contributed by atoms with E-state index >= 15 is 0 Å². The maximum absolute atomic E-state index is 12.9. The van der Waals surface area contributed by atoms with E-state index in [2.05, 4.69) is 31.9 Å². The molecule has 1 aliphatic rings. The van der Waals surface area contributed by atoms with Crippen molar-refractivity contribution >= 4 is 43.4 Å². The molecule has 0 amide bonds. The van der Waals surface area contributed by atoms with Crippen molar-refractivity contribution in [1.82, 2.24) is 0 Å². The van der Waals surface area contributed by atoms with Crippen LogP contribution in [0.25, 0.3) is 0 Å². The Hall–Kier alpha value is -1.26. The third-order valence-electron chi connectivity index (χ3n) is 4.16. The fourth-order valence-electron chi connectivity index (χ4n) is 2.65. The monoisotopic (exact) mass is 434 g/mol. The molecule has 0 radical (unpaired) electrons. The molecule has 0 N–H and O–H groups in total. The maximum atomic E-state index is 12.9. The van der Waals surface area contributed by atoms with Crippen LogP contribution >= 0.6 is 31.9 Å². The van der Waals surface area contributed by atoms with Gasteiger partial charge in [0.05, 0.1) is 5.92 Å². The zero-order valence-corrected chi connectivity index (χ0v) is 15.6. The Morgan fingerprint density at radius 3 is 1.96 bits per heavy atom. The van der Waals surface area contributed by atoms with Crippen molar-refractivity contribution in [2.75, 3.05) is 0 Å². The molecular weight excluding hydrogens is 420 g/mol. The van der Waals surface area contributed by atoms with Crippen LogP contribution in [0.2, 0.25) is 0 Å². The number of benzene rings is 2. The molecule has 3 rings (SSSR count). The minimum absolute atomic E-state index is 0.00817. The summed E-state index contributed by atoms with van der Waals surface area (Å²) in [5.74, 6) is -0.0137. The number of Topliss-reactive ketones (excluding diaryl/α,β-unsaturated/α-hetero) is 2. The van der Waals surface area contributed by atoms with Gasteiger partial charge in [-0.1, -0.05) is 56.1 Å². The minimum atomic E-state index is -0.405. The van der Waals surface area contributed by atoms with E-state index < -0.39 is 5.92 Å². The lowest BCUT2D eigenvalue weighted by atomic mass is 9.86. The molecule has 1 unspecified atom stereocenters. The molecule has 0 saturated heterocycles. The summed E-state index contributed by atoms with van der Waals surface area (Å²) >= 11 is 6.79. The van der Waals surface area contributed by atoms with E-state index in [0.29, 0.717) is 12.0 Å². The fraction of sp³-hybridized carbons (Fsp3) is 0.263. The first kappa shape index (κ1) is 16.6. The normalized spacial score (nSPS) is 15.2. The molecule has 1 aliphatic carbocycles. The highest BCUT2D eigenvalue weighted by molar-refractivity contribution is 9.10.